The Balaban J connectivity index is 0.000000720. The van der Waals surface area contributed by atoms with Crippen LogP contribution in [-0.2, 0) is 4.79 Å². The number of hydrogen-bond donors (Lipinski definition) is 1. The number of nitrogens with one attached hydrogen (secondary N) is 1. The molecule has 0 saturated carbocycles. The van der Waals surface area contributed by atoms with Gasteiger partial charge in [-0.1, -0.05) is 11.3 Å². The second-order valence-electron chi connectivity index (χ2n) is 2.25. The molecule has 0 aliphatic carbocycles. The molecular formula is C8H4NNaO2. The Hall–Kier alpha value is -0.640. The molecule has 0 atom stereocenters. The quantitative estimate of drug-likeness (QED) is 0.268. The third-order valence-corrected chi connectivity index (χ3v) is 1.56. The minimum absolute atomic E-state index is 0. The number of carbonyl (C=O) groups is 2. The van der Waals surface area contributed by atoms with E-state index in [-0.39, 0.29) is 29.6 Å². The van der Waals surface area contributed by atoms with E-state index in [4.69, 9.17) is 0 Å². The van der Waals surface area contributed by atoms with E-state index in [1.807, 2.05) is 0 Å². The largest absolute Gasteiger partial charge is 1.00 e. The van der Waals surface area contributed by atoms with Gasteiger partial charge in [-0.15, -0.1) is 6.07 Å². The van der Waals surface area contributed by atoms with Gasteiger partial charge in [0, 0.05) is 0 Å². The average Bonchev–Trinajstić information content (AvgIpc) is 2.30. The van der Waals surface area contributed by atoms with E-state index in [2.05, 4.69) is 11.4 Å². The molecule has 12 heavy (non-hydrogen) atoms. The van der Waals surface area contributed by atoms with Crippen LogP contribution in [0.4, 0.5) is 5.69 Å². The fraction of sp³-hybridized carbons (Fsp3) is 0. The number of fused-ring (bicyclic) bond motifs is 1. The molecule has 0 saturated heterocycles. The van der Waals surface area contributed by atoms with Crippen molar-refractivity contribution in [3.63, 3.8) is 0 Å². The predicted molar refractivity (Wildman–Crippen MR) is 38.2 cm³/mol. The molecule has 1 aromatic carbocycles. The van der Waals surface area contributed by atoms with Crippen LogP contribution in [0.5, 0.6) is 0 Å². The van der Waals surface area contributed by atoms with Gasteiger partial charge >= 0.3 is 29.6 Å². The number of anilines is 1. The summed E-state index contributed by atoms with van der Waals surface area (Å²) in [5, 5.41) is 2.44. The standard InChI is InChI=1S/C8H4NO2.Na/c10-7-5-3-1-2-4-6(5)9-8(7)11;/h2-4H,(H,9,10,11);/q-1;+1. The van der Waals surface area contributed by atoms with Gasteiger partial charge in [-0.05, 0) is 0 Å². The first-order valence-electron chi connectivity index (χ1n) is 3.15. The number of Topliss-reactive ketones (excluding diaryl/α,β-unsaturated/α-hetero) is 1. The van der Waals surface area contributed by atoms with Crippen LogP contribution >= 0.6 is 0 Å². The summed E-state index contributed by atoms with van der Waals surface area (Å²) in [4.78, 5) is 21.7. The first kappa shape index (κ1) is 9.45. The summed E-state index contributed by atoms with van der Waals surface area (Å²) in [7, 11) is 0. The molecule has 4 heteroatoms. The molecule has 1 N–H and O–H groups in total. The molecule has 0 radical (unpaired) electrons. The smallest absolute Gasteiger partial charge is 0.343 e. The van der Waals surface area contributed by atoms with Crippen molar-refractivity contribution in [3.05, 3.63) is 29.8 Å². The SMILES string of the molecule is O=C1Nc2cc[c-]cc2C1=O.[Na+]. The number of rotatable bonds is 0. The normalized spacial score (nSPS) is 13.3. The molecule has 3 nitrogen and oxygen atoms in total. The van der Waals surface area contributed by atoms with Crippen LogP contribution in [0.3, 0.4) is 0 Å². The van der Waals surface area contributed by atoms with Gasteiger partial charge in [0.15, 0.2) is 5.78 Å². The van der Waals surface area contributed by atoms with Crippen molar-refractivity contribution >= 4 is 17.4 Å². The van der Waals surface area contributed by atoms with Crippen molar-refractivity contribution in [2.24, 2.45) is 0 Å². The molecule has 54 valence electrons. The molecule has 1 aliphatic heterocycles. The first-order chi connectivity index (χ1) is 5.29. The minimum atomic E-state index is -0.556. The summed E-state index contributed by atoms with van der Waals surface area (Å²) in [6.07, 6.45) is 0. The second kappa shape index (κ2) is 3.39. The van der Waals surface area contributed by atoms with Crippen molar-refractivity contribution in [1.29, 1.82) is 0 Å². The van der Waals surface area contributed by atoms with E-state index in [0.717, 1.165) is 0 Å². The molecule has 1 amide bonds. The van der Waals surface area contributed by atoms with E-state index in [1.165, 1.54) is 6.07 Å². The number of amides is 1. The number of benzene rings is 1. The van der Waals surface area contributed by atoms with E-state index >= 15 is 0 Å². The van der Waals surface area contributed by atoms with Crippen molar-refractivity contribution < 1.29 is 39.1 Å². The number of carbonyl (C=O) groups excluding carboxylic acids is 2. The van der Waals surface area contributed by atoms with Gasteiger partial charge in [-0.25, -0.2) is 0 Å². The maximum absolute atomic E-state index is 11.0. The molecule has 0 unspecified atom stereocenters. The summed E-state index contributed by atoms with van der Waals surface area (Å²) >= 11 is 0. The summed E-state index contributed by atoms with van der Waals surface area (Å²) in [5.74, 6) is -1.03. The van der Waals surface area contributed by atoms with Crippen molar-refractivity contribution in [2.45, 2.75) is 0 Å². The maximum atomic E-state index is 11.0. The van der Waals surface area contributed by atoms with Crippen molar-refractivity contribution in [1.82, 2.24) is 0 Å². The van der Waals surface area contributed by atoms with Gasteiger partial charge in [-0.2, -0.15) is 18.2 Å². The predicted octanol–water partition coefficient (Wildman–Crippen LogP) is -2.37. The molecule has 0 fully saturated rings. The summed E-state index contributed by atoms with van der Waals surface area (Å²) in [6, 6.07) is 7.54. The molecule has 1 aromatic rings. The van der Waals surface area contributed by atoms with Crippen LogP contribution in [0, 0.1) is 6.07 Å². The summed E-state index contributed by atoms with van der Waals surface area (Å²) < 4.78 is 0. The zero-order valence-corrected chi connectivity index (χ0v) is 8.55. The van der Waals surface area contributed by atoms with Gasteiger partial charge in [0.05, 0.1) is 0 Å². The Morgan fingerprint density at radius 1 is 1.33 bits per heavy atom. The number of hydrogen-bond acceptors (Lipinski definition) is 2. The average molecular weight is 169 g/mol. The Kier molecular flexibility index (Phi) is 2.67. The van der Waals surface area contributed by atoms with E-state index < -0.39 is 11.7 Å². The van der Waals surface area contributed by atoms with Gasteiger partial charge in [0.1, 0.15) is 0 Å². The maximum Gasteiger partial charge on any atom is 1.00 e. The van der Waals surface area contributed by atoms with Gasteiger partial charge in [-0.3, -0.25) is 9.59 Å². The van der Waals surface area contributed by atoms with Crippen LogP contribution in [0.2, 0.25) is 0 Å². The first-order valence-corrected chi connectivity index (χ1v) is 3.15. The molecule has 0 spiro atoms. The van der Waals surface area contributed by atoms with Crippen LogP contribution in [0.25, 0.3) is 0 Å². The van der Waals surface area contributed by atoms with Crippen LogP contribution in [-0.4, -0.2) is 11.7 Å². The summed E-state index contributed by atoms with van der Waals surface area (Å²) in [6.45, 7) is 0. The zero-order chi connectivity index (χ0) is 7.84. The third kappa shape index (κ3) is 1.31. The van der Waals surface area contributed by atoms with Crippen LogP contribution in [0.15, 0.2) is 18.2 Å². The van der Waals surface area contributed by atoms with Gasteiger partial charge < -0.3 is 5.32 Å². The van der Waals surface area contributed by atoms with E-state index in [9.17, 15) is 9.59 Å². The molecule has 1 aliphatic rings. The van der Waals surface area contributed by atoms with Crippen molar-refractivity contribution in [2.75, 3.05) is 5.32 Å². The van der Waals surface area contributed by atoms with Crippen LogP contribution in [0.1, 0.15) is 10.4 Å². The number of ketones is 1. The second-order valence-corrected chi connectivity index (χ2v) is 2.25. The van der Waals surface area contributed by atoms with E-state index in [0.29, 0.717) is 11.3 Å². The Labute approximate surface area is 91.4 Å². The molecule has 2 rings (SSSR count). The zero-order valence-electron chi connectivity index (χ0n) is 6.55. The monoisotopic (exact) mass is 169 g/mol. The summed E-state index contributed by atoms with van der Waals surface area (Å²) in [5.41, 5.74) is 0.997. The molecule has 1 heterocycles. The van der Waals surface area contributed by atoms with Gasteiger partial charge in [0.2, 0.25) is 0 Å². The Morgan fingerprint density at radius 2 is 2.08 bits per heavy atom. The third-order valence-electron chi connectivity index (χ3n) is 1.56. The van der Waals surface area contributed by atoms with Crippen LogP contribution < -0.4 is 34.9 Å². The molecule has 0 bridgehead atoms. The van der Waals surface area contributed by atoms with Crippen molar-refractivity contribution in [3.8, 4) is 0 Å². The minimum Gasteiger partial charge on any atom is -0.343 e. The van der Waals surface area contributed by atoms with Gasteiger partial charge in [0.25, 0.3) is 5.91 Å². The Morgan fingerprint density at radius 3 is 2.75 bits per heavy atom. The Bertz CT molecular complexity index is 349. The molecular weight excluding hydrogens is 165 g/mol. The molecule has 0 aromatic heterocycles. The van der Waals surface area contributed by atoms with E-state index in [1.54, 1.807) is 12.1 Å². The fourth-order valence-corrected chi connectivity index (χ4v) is 1.03. The fourth-order valence-electron chi connectivity index (χ4n) is 1.03. The topological polar surface area (TPSA) is 46.2 Å².